The van der Waals surface area contributed by atoms with Crippen molar-refractivity contribution in [2.75, 3.05) is 18.4 Å². The molecule has 0 saturated carbocycles. The molecule has 0 aromatic heterocycles. The maximum Gasteiger partial charge on any atom is 0.243 e. The van der Waals surface area contributed by atoms with Crippen LogP contribution in [0, 0.1) is 13.8 Å². The predicted octanol–water partition coefficient (Wildman–Crippen LogP) is 3.91. The minimum Gasteiger partial charge on any atom is -0.326 e. The third-order valence-corrected chi connectivity index (χ3v) is 6.76. The molecule has 5 nitrogen and oxygen atoms in total. The molecule has 0 radical (unpaired) electrons. The molecule has 1 amide bonds. The maximum atomic E-state index is 12.5. The normalized spacial score (nSPS) is 11.6. The fourth-order valence-corrected chi connectivity index (χ4v) is 4.30. The number of benzene rings is 2. The van der Waals surface area contributed by atoms with E-state index in [0.29, 0.717) is 25.9 Å². The lowest BCUT2D eigenvalue weighted by molar-refractivity contribution is -0.116. The van der Waals surface area contributed by atoms with E-state index in [1.807, 2.05) is 45.9 Å². The number of carbonyl (C=O) groups excluding carboxylic acids is 1. The van der Waals surface area contributed by atoms with Crippen LogP contribution in [0.2, 0.25) is 0 Å². The van der Waals surface area contributed by atoms with E-state index < -0.39 is 10.0 Å². The summed E-state index contributed by atoms with van der Waals surface area (Å²) < 4.78 is 26.4. The first-order chi connectivity index (χ1) is 12.8. The van der Waals surface area contributed by atoms with Gasteiger partial charge in [-0.2, -0.15) is 4.31 Å². The summed E-state index contributed by atoms with van der Waals surface area (Å²) >= 11 is 0. The van der Waals surface area contributed by atoms with Crippen LogP contribution in [0.15, 0.2) is 47.4 Å². The van der Waals surface area contributed by atoms with Crippen LogP contribution in [0.1, 0.15) is 37.0 Å². The van der Waals surface area contributed by atoms with Gasteiger partial charge in [-0.1, -0.05) is 32.0 Å². The van der Waals surface area contributed by atoms with Gasteiger partial charge in [0.05, 0.1) is 4.90 Å². The number of rotatable bonds is 8. The fraction of sp³-hybridized carbons (Fsp3) is 0.381. The van der Waals surface area contributed by atoms with Gasteiger partial charge in [0, 0.05) is 25.2 Å². The number of hydrogen-bond acceptors (Lipinski definition) is 3. The number of aryl methyl sites for hydroxylation is 3. The van der Waals surface area contributed by atoms with Crippen molar-refractivity contribution in [1.29, 1.82) is 0 Å². The summed E-state index contributed by atoms with van der Waals surface area (Å²) in [5, 5.41) is 2.90. The highest BCUT2D eigenvalue weighted by atomic mass is 32.2. The molecule has 1 N–H and O–H groups in total. The van der Waals surface area contributed by atoms with Gasteiger partial charge < -0.3 is 5.32 Å². The smallest absolute Gasteiger partial charge is 0.243 e. The Morgan fingerprint density at radius 1 is 0.963 bits per heavy atom. The number of carbonyl (C=O) groups is 1. The molecule has 0 bridgehead atoms. The summed E-state index contributed by atoms with van der Waals surface area (Å²) in [5.41, 5.74) is 4.05. The lowest BCUT2D eigenvalue weighted by atomic mass is 10.1. The largest absolute Gasteiger partial charge is 0.326 e. The Kier molecular flexibility index (Phi) is 7.16. The molecule has 6 heteroatoms. The molecule has 0 aliphatic carbocycles. The summed E-state index contributed by atoms with van der Waals surface area (Å²) in [5.74, 6) is -0.0573. The second-order valence-corrected chi connectivity index (χ2v) is 8.52. The minimum atomic E-state index is -3.44. The Morgan fingerprint density at radius 3 is 2.15 bits per heavy atom. The number of sulfonamides is 1. The quantitative estimate of drug-likeness (QED) is 0.746. The van der Waals surface area contributed by atoms with E-state index in [-0.39, 0.29) is 10.8 Å². The molecule has 0 saturated heterocycles. The third kappa shape index (κ3) is 5.40. The van der Waals surface area contributed by atoms with Crippen LogP contribution in [0.5, 0.6) is 0 Å². The zero-order valence-corrected chi connectivity index (χ0v) is 17.3. The van der Waals surface area contributed by atoms with Crippen molar-refractivity contribution in [3.8, 4) is 0 Å². The van der Waals surface area contributed by atoms with Crippen molar-refractivity contribution in [3.05, 3.63) is 59.2 Å². The highest BCUT2D eigenvalue weighted by Crippen LogP contribution is 2.18. The molecule has 0 aliphatic rings. The SMILES string of the molecule is CCN(CC)S(=O)(=O)c1ccc(CCC(=O)Nc2ccc(C)c(C)c2)cc1. The molecule has 146 valence electrons. The van der Waals surface area contributed by atoms with Crippen molar-refractivity contribution in [1.82, 2.24) is 4.31 Å². The van der Waals surface area contributed by atoms with Crippen molar-refractivity contribution in [2.24, 2.45) is 0 Å². The number of amides is 1. The highest BCUT2D eigenvalue weighted by Gasteiger charge is 2.21. The zero-order chi connectivity index (χ0) is 20.0. The van der Waals surface area contributed by atoms with Gasteiger partial charge in [0.15, 0.2) is 0 Å². The summed E-state index contributed by atoms with van der Waals surface area (Å²) in [6.07, 6.45) is 0.900. The summed E-state index contributed by atoms with van der Waals surface area (Å²) in [7, 11) is -3.44. The first-order valence-electron chi connectivity index (χ1n) is 9.24. The number of nitrogens with zero attached hydrogens (tertiary/aromatic N) is 1. The Balaban J connectivity index is 1.96. The average molecular weight is 389 g/mol. The van der Waals surface area contributed by atoms with E-state index in [2.05, 4.69) is 5.32 Å². The predicted molar refractivity (Wildman–Crippen MR) is 109 cm³/mol. The monoisotopic (exact) mass is 388 g/mol. The molecular weight excluding hydrogens is 360 g/mol. The van der Waals surface area contributed by atoms with Crippen LogP contribution in [0.4, 0.5) is 5.69 Å². The second kappa shape index (κ2) is 9.15. The van der Waals surface area contributed by atoms with Crippen LogP contribution in [0.3, 0.4) is 0 Å². The molecule has 0 aliphatic heterocycles. The molecule has 2 aromatic carbocycles. The number of nitrogens with one attached hydrogen (secondary N) is 1. The van der Waals surface area contributed by atoms with Gasteiger partial charge in [-0.3, -0.25) is 4.79 Å². The molecule has 0 fully saturated rings. The molecule has 0 unspecified atom stereocenters. The van der Waals surface area contributed by atoms with E-state index in [1.54, 1.807) is 24.3 Å². The van der Waals surface area contributed by atoms with Crippen LogP contribution in [-0.4, -0.2) is 31.7 Å². The van der Waals surface area contributed by atoms with Crippen LogP contribution < -0.4 is 5.32 Å². The van der Waals surface area contributed by atoms with E-state index in [4.69, 9.17) is 0 Å². The standard InChI is InChI=1S/C21H28N2O3S/c1-5-23(6-2)27(25,26)20-12-8-18(9-13-20)10-14-21(24)22-19-11-7-16(3)17(4)15-19/h7-9,11-13,15H,5-6,10,14H2,1-4H3,(H,22,24). The lowest BCUT2D eigenvalue weighted by Crippen LogP contribution is -2.30. The summed E-state index contributed by atoms with van der Waals surface area (Å²) in [4.78, 5) is 12.4. The van der Waals surface area contributed by atoms with Crippen molar-refractivity contribution in [3.63, 3.8) is 0 Å². The topological polar surface area (TPSA) is 66.5 Å². The van der Waals surface area contributed by atoms with Gasteiger partial charge in [-0.25, -0.2) is 8.42 Å². The third-order valence-electron chi connectivity index (χ3n) is 4.70. The molecule has 27 heavy (non-hydrogen) atoms. The van der Waals surface area contributed by atoms with Crippen LogP contribution in [0.25, 0.3) is 0 Å². The Hall–Kier alpha value is -2.18. The zero-order valence-electron chi connectivity index (χ0n) is 16.5. The Morgan fingerprint density at radius 2 is 1.59 bits per heavy atom. The van der Waals surface area contributed by atoms with E-state index in [9.17, 15) is 13.2 Å². The van der Waals surface area contributed by atoms with Crippen molar-refractivity contribution < 1.29 is 13.2 Å². The van der Waals surface area contributed by atoms with Crippen molar-refractivity contribution >= 4 is 21.6 Å². The van der Waals surface area contributed by atoms with Gasteiger partial charge in [0.1, 0.15) is 0 Å². The van der Waals surface area contributed by atoms with Crippen molar-refractivity contribution in [2.45, 2.75) is 45.4 Å². The lowest BCUT2D eigenvalue weighted by Gasteiger charge is -2.18. The minimum absolute atomic E-state index is 0.0573. The van der Waals surface area contributed by atoms with E-state index in [0.717, 1.165) is 16.8 Å². The fourth-order valence-electron chi connectivity index (χ4n) is 2.84. The molecule has 2 aromatic rings. The van der Waals surface area contributed by atoms with Gasteiger partial charge in [-0.05, 0) is 61.2 Å². The van der Waals surface area contributed by atoms with Gasteiger partial charge >= 0.3 is 0 Å². The van der Waals surface area contributed by atoms with Crippen LogP contribution >= 0.6 is 0 Å². The molecular formula is C21H28N2O3S. The molecule has 0 heterocycles. The van der Waals surface area contributed by atoms with E-state index >= 15 is 0 Å². The first kappa shape index (κ1) is 21.1. The highest BCUT2D eigenvalue weighted by molar-refractivity contribution is 7.89. The second-order valence-electron chi connectivity index (χ2n) is 6.58. The summed E-state index contributed by atoms with van der Waals surface area (Å²) in [6.45, 7) is 8.58. The van der Waals surface area contributed by atoms with Crippen LogP contribution in [-0.2, 0) is 21.2 Å². The Bertz CT molecular complexity index is 886. The summed E-state index contributed by atoms with van der Waals surface area (Å²) in [6, 6.07) is 12.6. The van der Waals surface area contributed by atoms with E-state index in [1.165, 1.54) is 9.87 Å². The average Bonchev–Trinajstić information content (AvgIpc) is 2.64. The molecule has 0 spiro atoms. The van der Waals surface area contributed by atoms with Gasteiger partial charge in [-0.15, -0.1) is 0 Å². The maximum absolute atomic E-state index is 12.5. The number of hydrogen-bond donors (Lipinski definition) is 1. The van der Waals surface area contributed by atoms with Gasteiger partial charge in [0.25, 0.3) is 0 Å². The first-order valence-corrected chi connectivity index (χ1v) is 10.7. The Labute approximate surface area is 162 Å². The molecule has 0 atom stereocenters. The molecule has 2 rings (SSSR count). The number of anilines is 1. The van der Waals surface area contributed by atoms with Gasteiger partial charge in [0.2, 0.25) is 15.9 Å².